The zero-order valence-electron chi connectivity index (χ0n) is 11.1. The van der Waals surface area contributed by atoms with E-state index in [0.717, 1.165) is 29.4 Å². The topological polar surface area (TPSA) is 34.4 Å². The molecule has 3 nitrogen and oxygen atoms in total. The standard InChI is InChI=1S/C15H19NO2/c1-4-12-6-7-13(18-12)10-16-14-8-5-11(2)9-15(14)17-3/h5-9,16H,4,10H2,1-3H3. The van der Waals surface area contributed by atoms with Gasteiger partial charge in [0, 0.05) is 6.42 Å². The highest BCUT2D eigenvalue weighted by atomic mass is 16.5. The third-order valence-electron chi connectivity index (χ3n) is 2.88. The Labute approximate surface area is 108 Å². The van der Waals surface area contributed by atoms with Gasteiger partial charge in [-0.2, -0.15) is 0 Å². The normalized spacial score (nSPS) is 10.4. The van der Waals surface area contributed by atoms with Crippen molar-refractivity contribution in [3.63, 3.8) is 0 Å². The second kappa shape index (κ2) is 5.63. The van der Waals surface area contributed by atoms with Gasteiger partial charge in [-0.1, -0.05) is 13.0 Å². The van der Waals surface area contributed by atoms with Crippen molar-refractivity contribution in [1.82, 2.24) is 0 Å². The number of hydrogen-bond donors (Lipinski definition) is 1. The molecular weight excluding hydrogens is 226 g/mol. The van der Waals surface area contributed by atoms with Crippen LogP contribution in [0.4, 0.5) is 5.69 Å². The molecule has 3 heteroatoms. The highest BCUT2D eigenvalue weighted by Gasteiger charge is 2.04. The number of hydrogen-bond acceptors (Lipinski definition) is 3. The van der Waals surface area contributed by atoms with Crippen LogP contribution in [-0.2, 0) is 13.0 Å². The van der Waals surface area contributed by atoms with Crippen molar-refractivity contribution in [3.8, 4) is 5.75 Å². The van der Waals surface area contributed by atoms with Gasteiger partial charge in [0.25, 0.3) is 0 Å². The predicted octanol–water partition coefficient (Wildman–Crippen LogP) is 3.77. The molecule has 1 aromatic heterocycles. The summed E-state index contributed by atoms with van der Waals surface area (Å²) < 4.78 is 11.0. The second-order valence-corrected chi connectivity index (χ2v) is 4.28. The lowest BCUT2D eigenvalue weighted by Crippen LogP contribution is -2.00. The third kappa shape index (κ3) is 2.86. The first kappa shape index (κ1) is 12.6. The number of anilines is 1. The molecule has 18 heavy (non-hydrogen) atoms. The van der Waals surface area contributed by atoms with Gasteiger partial charge in [-0.3, -0.25) is 0 Å². The lowest BCUT2D eigenvalue weighted by atomic mass is 10.2. The monoisotopic (exact) mass is 245 g/mol. The minimum atomic E-state index is 0.666. The molecule has 1 N–H and O–H groups in total. The van der Waals surface area contributed by atoms with Crippen LogP contribution >= 0.6 is 0 Å². The van der Waals surface area contributed by atoms with Gasteiger partial charge in [0.05, 0.1) is 19.3 Å². The molecule has 0 spiro atoms. The van der Waals surface area contributed by atoms with E-state index in [9.17, 15) is 0 Å². The van der Waals surface area contributed by atoms with Crippen LogP contribution in [0.3, 0.4) is 0 Å². The van der Waals surface area contributed by atoms with Gasteiger partial charge in [-0.05, 0) is 36.8 Å². The summed E-state index contributed by atoms with van der Waals surface area (Å²) in [7, 11) is 1.68. The molecule has 2 rings (SSSR count). The van der Waals surface area contributed by atoms with Crippen molar-refractivity contribution >= 4 is 5.69 Å². The van der Waals surface area contributed by atoms with Crippen LogP contribution in [0.15, 0.2) is 34.7 Å². The van der Waals surface area contributed by atoms with Gasteiger partial charge in [0.1, 0.15) is 17.3 Å². The fourth-order valence-corrected chi connectivity index (χ4v) is 1.83. The minimum Gasteiger partial charge on any atom is -0.495 e. The van der Waals surface area contributed by atoms with Gasteiger partial charge in [-0.15, -0.1) is 0 Å². The van der Waals surface area contributed by atoms with E-state index in [4.69, 9.17) is 9.15 Å². The van der Waals surface area contributed by atoms with Crippen molar-refractivity contribution in [2.24, 2.45) is 0 Å². The van der Waals surface area contributed by atoms with Crippen LogP contribution in [0.2, 0.25) is 0 Å². The molecule has 0 fully saturated rings. The summed E-state index contributed by atoms with van der Waals surface area (Å²) in [5, 5.41) is 3.33. The average molecular weight is 245 g/mol. The maximum absolute atomic E-state index is 5.65. The summed E-state index contributed by atoms with van der Waals surface area (Å²) in [5.41, 5.74) is 2.17. The number of benzene rings is 1. The molecule has 1 heterocycles. The van der Waals surface area contributed by atoms with E-state index in [1.807, 2.05) is 31.2 Å². The van der Waals surface area contributed by atoms with E-state index < -0.39 is 0 Å². The predicted molar refractivity (Wildman–Crippen MR) is 73.1 cm³/mol. The van der Waals surface area contributed by atoms with E-state index in [2.05, 4.69) is 18.3 Å². The Hall–Kier alpha value is -1.90. The molecule has 0 aliphatic carbocycles. The molecule has 0 unspecified atom stereocenters. The van der Waals surface area contributed by atoms with Crippen LogP contribution in [0.1, 0.15) is 24.0 Å². The van der Waals surface area contributed by atoms with Crippen LogP contribution in [-0.4, -0.2) is 7.11 Å². The first-order valence-electron chi connectivity index (χ1n) is 6.19. The van der Waals surface area contributed by atoms with E-state index in [1.54, 1.807) is 7.11 Å². The highest BCUT2D eigenvalue weighted by molar-refractivity contribution is 5.57. The Balaban J connectivity index is 2.05. The van der Waals surface area contributed by atoms with Gasteiger partial charge in [-0.25, -0.2) is 0 Å². The quantitative estimate of drug-likeness (QED) is 0.870. The van der Waals surface area contributed by atoms with E-state index in [0.29, 0.717) is 6.54 Å². The molecule has 0 bridgehead atoms. The summed E-state index contributed by atoms with van der Waals surface area (Å²) in [6.07, 6.45) is 0.924. The summed E-state index contributed by atoms with van der Waals surface area (Å²) in [6, 6.07) is 10.1. The van der Waals surface area contributed by atoms with Crippen LogP contribution in [0, 0.1) is 6.92 Å². The summed E-state index contributed by atoms with van der Waals surface area (Å²) in [6.45, 7) is 4.80. The molecule has 0 radical (unpaired) electrons. The molecule has 0 amide bonds. The smallest absolute Gasteiger partial charge is 0.142 e. The van der Waals surface area contributed by atoms with E-state index in [1.165, 1.54) is 5.56 Å². The number of methoxy groups -OCH3 is 1. The van der Waals surface area contributed by atoms with Crippen LogP contribution < -0.4 is 10.1 Å². The Morgan fingerprint density at radius 2 is 1.94 bits per heavy atom. The van der Waals surface area contributed by atoms with Crippen molar-refractivity contribution < 1.29 is 9.15 Å². The summed E-state index contributed by atoms with van der Waals surface area (Å²) in [4.78, 5) is 0. The van der Waals surface area contributed by atoms with Gasteiger partial charge >= 0.3 is 0 Å². The van der Waals surface area contributed by atoms with E-state index >= 15 is 0 Å². The lowest BCUT2D eigenvalue weighted by molar-refractivity contribution is 0.415. The summed E-state index contributed by atoms with van der Waals surface area (Å²) >= 11 is 0. The molecule has 0 saturated heterocycles. The number of rotatable bonds is 5. The molecule has 96 valence electrons. The van der Waals surface area contributed by atoms with Crippen LogP contribution in [0.25, 0.3) is 0 Å². The first-order valence-corrected chi connectivity index (χ1v) is 6.19. The van der Waals surface area contributed by atoms with Gasteiger partial charge < -0.3 is 14.5 Å². The molecule has 2 aromatic rings. The zero-order valence-corrected chi connectivity index (χ0v) is 11.1. The number of ether oxygens (including phenoxy) is 1. The molecular formula is C15H19NO2. The largest absolute Gasteiger partial charge is 0.495 e. The Kier molecular flexibility index (Phi) is 3.92. The molecule has 0 aliphatic heterocycles. The maximum atomic E-state index is 5.65. The van der Waals surface area contributed by atoms with Crippen molar-refractivity contribution in [2.45, 2.75) is 26.8 Å². The molecule has 0 atom stereocenters. The number of furan rings is 1. The average Bonchev–Trinajstić information content (AvgIpc) is 2.85. The molecule has 1 aromatic carbocycles. The SMILES string of the molecule is CCc1ccc(CNc2ccc(C)cc2OC)o1. The number of nitrogens with one attached hydrogen (secondary N) is 1. The molecule has 0 saturated carbocycles. The van der Waals surface area contributed by atoms with E-state index in [-0.39, 0.29) is 0 Å². The first-order chi connectivity index (χ1) is 8.72. The third-order valence-corrected chi connectivity index (χ3v) is 2.88. The van der Waals surface area contributed by atoms with Crippen molar-refractivity contribution in [1.29, 1.82) is 0 Å². The van der Waals surface area contributed by atoms with Gasteiger partial charge in [0.15, 0.2) is 0 Å². The van der Waals surface area contributed by atoms with Crippen molar-refractivity contribution in [3.05, 3.63) is 47.4 Å². The Bertz CT molecular complexity index is 517. The fraction of sp³-hybridized carbons (Fsp3) is 0.333. The van der Waals surface area contributed by atoms with Crippen LogP contribution in [0.5, 0.6) is 5.75 Å². The minimum absolute atomic E-state index is 0.666. The highest BCUT2D eigenvalue weighted by Crippen LogP contribution is 2.25. The number of aryl methyl sites for hydroxylation is 2. The Morgan fingerprint density at radius 1 is 1.17 bits per heavy atom. The lowest BCUT2D eigenvalue weighted by Gasteiger charge is -2.10. The molecule has 0 aliphatic rings. The summed E-state index contributed by atoms with van der Waals surface area (Å²) in [5.74, 6) is 2.81. The fourth-order valence-electron chi connectivity index (χ4n) is 1.83. The van der Waals surface area contributed by atoms with Gasteiger partial charge in [0.2, 0.25) is 0 Å². The Morgan fingerprint density at radius 3 is 2.61 bits per heavy atom. The zero-order chi connectivity index (χ0) is 13.0. The second-order valence-electron chi connectivity index (χ2n) is 4.28. The maximum Gasteiger partial charge on any atom is 0.142 e. The van der Waals surface area contributed by atoms with Crippen molar-refractivity contribution in [2.75, 3.05) is 12.4 Å².